The molecule has 0 spiro atoms. The molecule has 10 heteroatoms. The van der Waals surface area contributed by atoms with Gasteiger partial charge in [-0.15, -0.1) is 0 Å². The molecule has 1 aliphatic heterocycles. The number of anilines is 1. The average Bonchev–Trinajstić information content (AvgIpc) is 3.25. The molecule has 1 fully saturated rings. The number of halogens is 4. The van der Waals surface area contributed by atoms with Gasteiger partial charge in [-0.1, -0.05) is 23.4 Å². The van der Waals surface area contributed by atoms with E-state index in [9.17, 15) is 18.0 Å². The Morgan fingerprint density at radius 1 is 1.41 bits per heavy atom. The molecule has 1 aromatic heterocycles. The van der Waals surface area contributed by atoms with E-state index in [0.717, 1.165) is 49.0 Å². The predicted octanol–water partition coefficient (Wildman–Crippen LogP) is 5.08. The molecule has 1 N–H and O–H groups in total. The maximum atomic E-state index is 12.9. The predicted molar refractivity (Wildman–Crippen MR) is 106 cm³/mol. The van der Waals surface area contributed by atoms with E-state index in [4.69, 9.17) is 16.3 Å². The molecule has 3 rings (SSSR count). The molecule has 1 saturated heterocycles. The first-order valence-corrected chi connectivity index (χ1v) is 10.5. The zero-order valence-corrected chi connectivity index (χ0v) is 17.5. The average molecular weight is 448 g/mol. The number of aromatic nitrogens is 2. The Morgan fingerprint density at radius 3 is 2.83 bits per heavy atom. The molecule has 158 valence electrons. The van der Waals surface area contributed by atoms with Gasteiger partial charge in [-0.2, -0.15) is 13.2 Å². The lowest BCUT2D eigenvalue weighted by Gasteiger charge is -2.15. The Kier molecular flexibility index (Phi) is 6.80. The first-order valence-electron chi connectivity index (χ1n) is 9.10. The third-order valence-electron chi connectivity index (χ3n) is 4.73. The van der Waals surface area contributed by atoms with Crippen molar-refractivity contribution in [2.24, 2.45) is 0 Å². The molecule has 29 heavy (non-hydrogen) atoms. The standard InChI is InChI=1S/C19H21ClF3N3O2S/c1-11-12(2)26(9-14-4-3-7-28-14)18(24-11)29-10-17(27)25-16-8-13(19(21,22)23)5-6-15(16)20/h5-6,8,14H,3-4,7,9-10H2,1-2H3,(H,25,27)/t14-/m0/s1. The second-order valence-corrected chi connectivity index (χ2v) is 8.19. The van der Waals surface area contributed by atoms with Crippen LogP contribution in [0, 0.1) is 13.8 Å². The minimum Gasteiger partial charge on any atom is -0.376 e. The summed E-state index contributed by atoms with van der Waals surface area (Å²) >= 11 is 7.16. The van der Waals surface area contributed by atoms with Crippen LogP contribution in [0.4, 0.5) is 18.9 Å². The van der Waals surface area contributed by atoms with Crippen LogP contribution in [0.15, 0.2) is 23.4 Å². The third kappa shape index (κ3) is 5.46. The molecule has 2 aromatic rings. The van der Waals surface area contributed by atoms with Crippen molar-refractivity contribution in [3.63, 3.8) is 0 Å². The van der Waals surface area contributed by atoms with E-state index >= 15 is 0 Å². The van der Waals surface area contributed by atoms with E-state index in [1.165, 1.54) is 11.8 Å². The number of nitrogens with zero attached hydrogens (tertiary/aromatic N) is 2. The van der Waals surface area contributed by atoms with Crippen LogP contribution in [0.25, 0.3) is 0 Å². The van der Waals surface area contributed by atoms with Crippen molar-refractivity contribution in [1.82, 2.24) is 9.55 Å². The van der Waals surface area contributed by atoms with Crippen LogP contribution in [-0.2, 0) is 22.3 Å². The Morgan fingerprint density at radius 2 is 2.17 bits per heavy atom. The van der Waals surface area contributed by atoms with Crippen LogP contribution in [-0.4, -0.2) is 33.9 Å². The molecular formula is C19H21ClF3N3O2S. The minimum absolute atomic E-state index is 0.00596. The number of nitrogens with one attached hydrogen (secondary N) is 1. The van der Waals surface area contributed by atoms with Gasteiger partial charge < -0.3 is 14.6 Å². The number of thioether (sulfide) groups is 1. The molecule has 0 saturated carbocycles. The number of carbonyl (C=O) groups is 1. The number of ether oxygens (including phenoxy) is 1. The number of hydrogen-bond acceptors (Lipinski definition) is 4. The summed E-state index contributed by atoms with van der Waals surface area (Å²) in [5.74, 6) is -0.466. The monoisotopic (exact) mass is 447 g/mol. The highest BCUT2D eigenvalue weighted by Crippen LogP contribution is 2.34. The van der Waals surface area contributed by atoms with Crippen LogP contribution in [0.3, 0.4) is 0 Å². The Balaban J connectivity index is 1.66. The van der Waals surface area contributed by atoms with Gasteiger partial charge in [0.15, 0.2) is 5.16 Å². The number of benzene rings is 1. The molecule has 0 unspecified atom stereocenters. The number of amides is 1. The van der Waals surface area contributed by atoms with Crippen molar-refractivity contribution in [2.45, 2.75) is 50.7 Å². The maximum Gasteiger partial charge on any atom is 0.416 e. The summed E-state index contributed by atoms with van der Waals surface area (Å²) in [6.07, 6.45) is -2.38. The summed E-state index contributed by atoms with van der Waals surface area (Å²) in [5, 5.41) is 3.18. The number of aryl methyl sites for hydroxylation is 1. The van der Waals surface area contributed by atoms with Crippen LogP contribution >= 0.6 is 23.4 Å². The van der Waals surface area contributed by atoms with Gasteiger partial charge >= 0.3 is 6.18 Å². The lowest BCUT2D eigenvalue weighted by molar-refractivity contribution is -0.137. The smallest absolute Gasteiger partial charge is 0.376 e. The summed E-state index contributed by atoms with van der Waals surface area (Å²) < 4.78 is 46.3. The fraction of sp³-hybridized carbons (Fsp3) is 0.474. The van der Waals surface area contributed by atoms with Crippen molar-refractivity contribution < 1.29 is 22.7 Å². The Hall–Kier alpha value is -1.71. The maximum absolute atomic E-state index is 12.9. The molecular weight excluding hydrogens is 427 g/mol. The number of alkyl halides is 3. The highest BCUT2D eigenvalue weighted by atomic mass is 35.5. The third-order valence-corrected chi connectivity index (χ3v) is 6.04. The van der Waals surface area contributed by atoms with Crippen molar-refractivity contribution in [1.29, 1.82) is 0 Å². The van der Waals surface area contributed by atoms with Crippen LogP contribution in [0.1, 0.15) is 29.8 Å². The van der Waals surface area contributed by atoms with Gasteiger partial charge in [0.1, 0.15) is 0 Å². The molecule has 1 aromatic carbocycles. The summed E-state index contributed by atoms with van der Waals surface area (Å²) in [7, 11) is 0. The van der Waals surface area contributed by atoms with E-state index < -0.39 is 17.6 Å². The summed E-state index contributed by atoms with van der Waals surface area (Å²) in [4.78, 5) is 16.8. The SMILES string of the molecule is Cc1nc(SCC(=O)Nc2cc(C(F)(F)F)ccc2Cl)n(C[C@@H]2CCCO2)c1C. The van der Waals surface area contributed by atoms with E-state index in [2.05, 4.69) is 10.3 Å². The van der Waals surface area contributed by atoms with Gasteiger partial charge in [0.05, 0.1) is 40.4 Å². The number of imidazole rings is 1. The molecule has 2 heterocycles. The van der Waals surface area contributed by atoms with Crippen LogP contribution in [0.5, 0.6) is 0 Å². The molecule has 0 bridgehead atoms. The lowest BCUT2D eigenvalue weighted by atomic mass is 10.2. The van der Waals surface area contributed by atoms with Crippen LogP contribution in [0.2, 0.25) is 5.02 Å². The highest BCUT2D eigenvalue weighted by Gasteiger charge is 2.31. The summed E-state index contributed by atoms with van der Waals surface area (Å²) in [6.45, 7) is 5.27. The molecule has 1 aliphatic rings. The van der Waals surface area contributed by atoms with Crippen molar-refractivity contribution in [2.75, 3.05) is 17.7 Å². The van der Waals surface area contributed by atoms with E-state index in [0.29, 0.717) is 11.7 Å². The zero-order chi connectivity index (χ0) is 21.2. The quantitative estimate of drug-likeness (QED) is 0.627. The first-order chi connectivity index (χ1) is 13.6. The van der Waals surface area contributed by atoms with E-state index in [1.54, 1.807) is 0 Å². The van der Waals surface area contributed by atoms with Crippen molar-refractivity contribution in [3.05, 3.63) is 40.2 Å². The van der Waals surface area contributed by atoms with Gasteiger partial charge in [0, 0.05) is 12.3 Å². The fourth-order valence-corrected chi connectivity index (χ4v) is 4.12. The Bertz CT molecular complexity index is 896. The summed E-state index contributed by atoms with van der Waals surface area (Å²) in [5.41, 5.74) is 0.932. The van der Waals surface area contributed by atoms with Gasteiger partial charge in [-0.05, 0) is 44.9 Å². The first kappa shape index (κ1) is 22.0. The number of carbonyl (C=O) groups excluding carboxylic acids is 1. The van der Waals surface area contributed by atoms with E-state index in [-0.39, 0.29) is 22.6 Å². The second-order valence-electron chi connectivity index (χ2n) is 6.84. The van der Waals surface area contributed by atoms with Gasteiger partial charge in [-0.25, -0.2) is 4.98 Å². The Labute approximate surface area is 176 Å². The van der Waals surface area contributed by atoms with Gasteiger partial charge in [-0.3, -0.25) is 4.79 Å². The normalized spacial score (nSPS) is 17.0. The topological polar surface area (TPSA) is 56.2 Å². The minimum atomic E-state index is -4.51. The van der Waals surface area contributed by atoms with Crippen molar-refractivity contribution >= 4 is 35.0 Å². The fourth-order valence-electron chi connectivity index (χ4n) is 3.05. The number of rotatable bonds is 6. The largest absolute Gasteiger partial charge is 0.416 e. The van der Waals surface area contributed by atoms with Crippen LogP contribution < -0.4 is 5.32 Å². The van der Waals surface area contributed by atoms with E-state index in [1.807, 2.05) is 18.4 Å². The molecule has 1 amide bonds. The van der Waals surface area contributed by atoms with Gasteiger partial charge in [0.25, 0.3) is 0 Å². The summed E-state index contributed by atoms with van der Waals surface area (Å²) in [6, 6.07) is 2.83. The molecule has 1 atom stereocenters. The molecule has 5 nitrogen and oxygen atoms in total. The highest BCUT2D eigenvalue weighted by molar-refractivity contribution is 7.99. The van der Waals surface area contributed by atoms with Crippen molar-refractivity contribution in [3.8, 4) is 0 Å². The molecule has 0 radical (unpaired) electrons. The second kappa shape index (κ2) is 8.97. The number of hydrogen-bond donors (Lipinski definition) is 1. The molecule has 0 aliphatic carbocycles. The zero-order valence-electron chi connectivity index (χ0n) is 16.0. The lowest BCUT2D eigenvalue weighted by Crippen LogP contribution is -2.18. The van der Waals surface area contributed by atoms with Gasteiger partial charge in [0.2, 0.25) is 5.91 Å².